The van der Waals surface area contributed by atoms with Gasteiger partial charge in [0, 0.05) is 7.05 Å². The quantitative estimate of drug-likeness (QED) is 0.809. The Kier molecular flexibility index (Phi) is 6.52. The Morgan fingerprint density at radius 2 is 2.05 bits per heavy atom. The maximum atomic E-state index is 12.2. The molecule has 0 aliphatic rings. The minimum Gasteiger partial charge on any atom is -0.495 e. The van der Waals surface area contributed by atoms with Crippen molar-refractivity contribution in [2.75, 3.05) is 19.1 Å². The lowest BCUT2D eigenvalue weighted by atomic mass is 10.1. The normalized spacial score (nSPS) is 11.6. The molecule has 1 aromatic rings. The summed E-state index contributed by atoms with van der Waals surface area (Å²) in [6.45, 7) is 1.97. The van der Waals surface area contributed by atoms with Gasteiger partial charge in [-0.2, -0.15) is 0 Å². The molecule has 1 aromatic carbocycles. The van der Waals surface area contributed by atoms with E-state index in [9.17, 15) is 9.59 Å². The summed E-state index contributed by atoms with van der Waals surface area (Å²) in [5.74, 6) is -0.471. The van der Waals surface area contributed by atoms with Crippen LogP contribution in [0.4, 0.5) is 10.5 Å². The Morgan fingerprint density at radius 3 is 2.62 bits per heavy atom. The number of benzene rings is 1. The van der Waals surface area contributed by atoms with Crippen LogP contribution in [-0.2, 0) is 4.79 Å². The molecule has 6 heteroatoms. The molecule has 0 radical (unpaired) electrons. The van der Waals surface area contributed by atoms with Crippen LogP contribution in [0, 0.1) is 0 Å². The molecule has 1 rings (SSSR count). The Hall–Kier alpha value is -2.24. The van der Waals surface area contributed by atoms with E-state index >= 15 is 0 Å². The number of para-hydroxylation sites is 2. The van der Waals surface area contributed by atoms with E-state index in [1.807, 2.05) is 6.92 Å². The molecule has 0 bridgehead atoms. The van der Waals surface area contributed by atoms with Crippen LogP contribution in [0.2, 0.25) is 0 Å². The van der Waals surface area contributed by atoms with Gasteiger partial charge in [0.15, 0.2) is 0 Å². The van der Waals surface area contributed by atoms with Gasteiger partial charge in [-0.05, 0) is 18.6 Å². The summed E-state index contributed by atoms with van der Waals surface area (Å²) in [5, 5.41) is 11.7. The zero-order valence-electron chi connectivity index (χ0n) is 12.6. The zero-order valence-corrected chi connectivity index (χ0v) is 12.6. The topological polar surface area (TPSA) is 78.9 Å². The number of anilines is 1. The lowest BCUT2D eigenvalue weighted by Crippen LogP contribution is -2.46. The molecule has 0 fully saturated rings. The van der Waals surface area contributed by atoms with Crippen molar-refractivity contribution in [3.63, 3.8) is 0 Å². The van der Waals surface area contributed by atoms with Crippen molar-refractivity contribution in [3.8, 4) is 5.75 Å². The van der Waals surface area contributed by atoms with Crippen molar-refractivity contribution in [2.24, 2.45) is 0 Å². The van der Waals surface area contributed by atoms with E-state index in [2.05, 4.69) is 5.32 Å². The average molecular weight is 294 g/mol. The lowest BCUT2D eigenvalue weighted by Gasteiger charge is -2.22. The Bertz CT molecular complexity index is 490. The van der Waals surface area contributed by atoms with Gasteiger partial charge in [-0.15, -0.1) is 0 Å². The molecule has 0 unspecified atom stereocenters. The predicted octanol–water partition coefficient (Wildman–Crippen LogP) is 2.48. The number of carbonyl (C=O) groups excluding carboxylic acids is 1. The molecule has 0 aliphatic carbocycles. The average Bonchev–Trinajstić information content (AvgIpc) is 2.49. The van der Waals surface area contributed by atoms with Crippen LogP contribution in [0.3, 0.4) is 0 Å². The molecular formula is C15H22N2O4. The highest BCUT2D eigenvalue weighted by Crippen LogP contribution is 2.26. The van der Waals surface area contributed by atoms with Crippen molar-refractivity contribution in [1.29, 1.82) is 0 Å². The first-order valence-corrected chi connectivity index (χ1v) is 6.91. The van der Waals surface area contributed by atoms with E-state index in [-0.39, 0.29) is 0 Å². The first-order chi connectivity index (χ1) is 10.0. The van der Waals surface area contributed by atoms with E-state index in [0.29, 0.717) is 17.9 Å². The molecule has 0 heterocycles. The highest BCUT2D eigenvalue weighted by Gasteiger charge is 2.22. The van der Waals surface area contributed by atoms with Crippen molar-refractivity contribution in [3.05, 3.63) is 24.3 Å². The number of nitrogens with one attached hydrogen (secondary N) is 1. The number of aliphatic carboxylic acids is 1. The van der Waals surface area contributed by atoms with Gasteiger partial charge >= 0.3 is 12.0 Å². The molecular weight excluding hydrogens is 272 g/mol. The fourth-order valence-corrected chi connectivity index (χ4v) is 1.93. The monoisotopic (exact) mass is 294 g/mol. The third kappa shape index (κ3) is 4.66. The van der Waals surface area contributed by atoms with E-state index in [0.717, 1.165) is 12.8 Å². The van der Waals surface area contributed by atoms with Crippen molar-refractivity contribution in [1.82, 2.24) is 5.32 Å². The number of carbonyl (C=O) groups is 2. The van der Waals surface area contributed by atoms with Gasteiger partial charge in [-0.1, -0.05) is 31.9 Å². The standard InChI is InChI=1S/C15H22N2O4/c1-4-5-8-11(14(18)19)16-15(20)17(2)12-9-6-7-10-13(12)21-3/h6-7,9-11H,4-5,8H2,1-3H3,(H,16,20)(H,18,19)/t11-/m0/s1. The van der Waals surface area contributed by atoms with Crippen molar-refractivity contribution in [2.45, 2.75) is 32.2 Å². The summed E-state index contributed by atoms with van der Waals surface area (Å²) >= 11 is 0. The van der Waals surface area contributed by atoms with Crippen molar-refractivity contribution >= 4 is 17.7 Å². The zero-order chi connectivity index (χ0) is 15.8. The maximum absolute atomic E-state index is 12.2. The number of rotatable bonds is 7. The van der Waals surface area contributed by atoms with Crippen LogP contribution < -0.4 is 15.0 Å². The second kappa shape index (κ2) is 8.14. The third-order valence-electron chi connectivity index (χ3n) is 3.19. The first-order valence-electron chi connectivity index (χ1n) is 6.91. The minimum atomic E-state index is -1.02. The van der Waals surface area contributed by atoms with Gasteiger partial charge in [0.2, 0.25) is 0 Å². The number of nitrogens with zero attached hydrogens (tertiary/aromatic N) is 1. The van der Waals surface area contributed by atoms with Gasteiger partial charge < -0.3 is 15.2 Å². The van der Waals surface area contributed by atoms with E-state index in [4.69, 9.17) is 9.84 Å². The number of amides is 2. The SMILES string of the molecule is CCCC[C@H](NC(=O)N(C)c1ccccc1OC)C(=O)O. The van der Waals surface area contributed by atoms with Gasteiger partial charge in [-0.25, -0.2) is 9.59 Å². The number of hydrogen-bond donors (Lipinski definition) is 2. The van der Waals surface area contributed by atoms with Crippen molar-refractivity contribution < 1.29 is 19.4 Å². The Morgan fingerprint density at radius 1 is 1.38 bits per heavy atom. The summed E-state index contributed by atoms with van der Waals surface area (Å²) in [7, 11) is 3.10. The smallest absolute Gasteiger partial charge is 0.326 e. The third-order valence-corrected chi connectivity index (χ3v) is 3.19. The van der Waals surface area contributed by atoms with Crippen LogP contribution in [0.1, 0.15) is 26.2 Å². The molecule has 0 saturated heterocycles. The van der Waals surface area contributed by atoms with E-state index in [1.54, 1.807) is 31.3 Å². The van der Waals surface area contributed by atoms with E-state index < -0.39 is 18.0 Å². The van der Waals surface area contributed by atoms with Crippen LogP contribution in [0.5, 0.6) is 5.75 Å². The largest absolute Gasteiger partial charge is 0.495 e. The molecule has 2 N–H and O–H groups in total. The summed E-state index contributed by atoms with van der Waals surface area (Å²) in [6.07, 6.45) is 2.04. The fourth-order valence-electron chi connectivity index (χ4n) is 1.93. The molecule has 2 amide bonds. The van der Waals surface area contributed by atoms with Gasteiger partial charge in [-0.3, -0.25) is 4.90 Å². The molecule has 0 spiro atoms. The number of unbranched alkanes of at least 4 members (excludes halogenated alkanes) is 1. The van der Waals surface area contributed by atoms with Gasteiger partial charge in [0.05, 0.1) is 12.8 Å². The number of urea groups is 1. The molecule has 0 aliphatic heterocycles. The highest BCUT2D eigenvalue weighted by molar-refractivity contribution is 5.95. The molecule has 6 nitrogen and oxygen atoms in total. The lowest BCUT2D eigenvalue weighted by molar-refractivity contribution is -0.139. The fraction of sp³-hybridized carbons (Fsp3) is 0.467. The molecule has 0 aromatic heterocycles. The van der Waals surface area contributed by atoms with Crippen LogP contribution in [-0.4, -0.2) is 37.3 Å². The van der Waals surface area contributed by atoms with E-state index in [1.165, 1.54) is 12.0 Å². The second-order valence-corrected chi connectivity index (χ2v) is 4.71. The molecule has 1 atom stereocenters. The minimum absolute atomic E-state index is 0.414. The number of carboxylic acid groups (broad SMARTS) is 1. The van der Waals surface area contributed by atoms with Gasteiger partial charge in [0.25, 0.3) is 0 Å². The summed E-state index contributed by atoms with van der Waals surface area (Å²) in [6, 6.07) is 5.71. The Balaban J connectivity index is 2.79. The molecule has 21 heavy (non-hydrogen) atoms. The summed E-state index contributed by atoms with van der Waals surface area (Å²) in [5.41, 5.74) is 0.581. The number of methoxy groups -OCH3 is 1. The maximum Gasteiger partial charge on any atom is 0.326 e. The van der Waals surface area contributed by atoms with Crippen LogP contribution in [0.15, 0.2) is 24.3 Å². The summed E-state index contributed by atoms with van der Waals surface area (Å²) < 4.78 is 5.20. The number of carboxylic acids is 1. The summed E-state index contributed by atoms with van der Waals surface area (Å²) in [4.78, 5) is 24.7. The van der Waals surface area contributed by atoms with Crippen LogP contribution in [0.25, 0.3) is 0 Å². The van der Waals surface area contributed by atoms with Gasteiger partial charge in [0.1, 0.15) is 11.8 Å². The highest BCUT2D eigenvalue weighted by atomic mass is 16.5. The predicted molar refractivity (Wildman–Crippen MR) is 80.9 cm³/mol. The first kappa shape index (κ1) is 16.8. The number of ether oxygens (including phenoxy) is 1. The second-order valence-electron chi connectivity index (χ2n) is 4.71. The molecule has 116 valence electrons. The van der Waals surface area contributed by atoms with Crippen LogP contribution >= 0.6 is 0 Å². The molecule has 0 saturated carbocycles. The Labute approximate surface area is 124 Å². The number of hydrogen-bond acceptors (Lipinski definition) is 3.